The molecule has 0 amide bonds. The van der Waals surface area contributed by atoms with Gasteiger partial charge in [-0.15, -0.1) is 0 Å². The molecule has 0 aliphatic heterocycles. The Morgan fingerprint density at radius 2 is 1.88 bits per heavy atom. The van der Waals surface area contributed by atoms with Crippen LogP contribution >= 0.6 is 0 Å². The molecule has 2 N–H and O–H groups in total. The second kappa shape index (κ2) is 5.54. The third kappa shape index (κ3) is 3.01. The van der Waals surface area contributed by atoms with E-state index in [-0.39, 0.29) is 6.04 Å². The summed E-state index contributed by atoms with van der Waals surface area (Å²) in [6, 6.07) is 9.83. The van der Waals surface area contributed by atoms with Crippen LogP contribution in [0.1, 0.15) is 51.1 Å². The Morgan fingerprint density at radius 1 is 1.24 bits per heavy atom. The summed E-state index contributed by atoms with van der Waals surface area (Å²) in [7, 11) is 0. The van der Waals surface area contributed by atoms with Crippen LogP contribution in [0.4, 0.5) is 5.69 Å². The van der Waals surface area contributed by atoms with Gasteiger partial charge in [0.2, 0.25) is 0 Å². The lowest BCUT2D eigenvalue weighted by Crippen LogP contribution is -2.26. The zero-order chi connectivity index (χ0) is 12.3. The number of nitrogens with two attached hydrogens (primary N) is 1. The quantitative estimate of drug-likeness (QED) is 0.813. The third-order valence-corrected chi connectivity index (χ3v) is 3.54. The van der Waals surface area contributed by atoms with E-state index in [4.69, 9.17) is 5.73 Å². The van der Waals surface area contributed by atoms with Gasteiger partial charge in [-0.2, -0.15) is 0 Å². The molecule has 0 saturated heterocycles. The summed E-state index contributed by atoms with van der Waals surface area (Å²) in [6.07, 6.45) is 4.93. The summed E-state index contributed by atoms with van der Waals surface area (Å²) in [5.41, 5.74) is 8.65. The minimum atomic E-state index is 0.185. The van der Waals surface area contributed by atoms with E-state index in [0.29, 0.717) is 0 Å². The van der Waals surface area contributed by atoms with E-state index in [1.165, 1.54) is 37.1 Å². The Labute approximate surface area is 105 Å². The van der Waals surface area contributed by atoms with Gasteiger partial charge in [-0.3, -0.25) is 0 Å². The zero-order valence-electron chi connectivity index (χ0n) is 11.0. The van der Waals surface area contributed by atoms with Gasteiger partial charge in [0.15, 0.2) is 0 Å². The molecule has 0 bridgehead atoms. The molecule has 1 fully saturated rings. The second-order valence-electron chi connectivity index (χ2n) is 5.03. The number of hydrogen-bond donors (Lipinski definition) is 1. The summed E-state index contributed by atoms with van der Waals surface area (Å²) >= 11 is 0. The molecule has 0 radical (unpaired) electrons. The maximum absolute atomic E-state index is 6.04. The standard InChI is InChI=1S/C15H24N2/c1-3-11-17(14-9-10-14)13-7-5-12(6-8-13)15(16)4-2/h5-8,14-15H,3-4,9-11,16H2,1-2H3. The van der Waals surface area contributed by atoms with E-state index in [0.717, 1.165) is 12.5 Å². The highest BCUT2D eigenvalue weighted by molar-refractivity contribution is 5.50. The van der Waals surface area contributed by atoms with Crippen molar-refractivity contribution in [3.63, 3.8) is 0 Å². The fourth-order valence-corrected chi connectivity index (χ4v) is 2.30. The van der Waals surface area contributed by atoms with Gasteiger partial charge < -0.3 is 10.6 Å². The molecule has 0 aromatic heterocycles. The number of benzene rings is 1. The maximum Gasteiger partial charge on any atom is 0.0368 e. The van der Waals surface area contributed by atoms with Crippen molar-refractivity contribution in [3.05, 3.63) is 29.8 Å². The van der Waals surface area contributed by atoms with E-state index >= 15 is 0 Å². The Morgan fingerprint density at radius 3 is 2.35 bits per heavy atom. The molecule has 94 valence electrons. The van der Waals surface area contributed by atoms with Crippen LogP contribution in [-0.2, 0) is 0 Å². The van der Waals surface area contributed by atoms with Crippen molar-refractivity contribution in [2.75, 3.05) is 11.4 Å². The first-order valence-electron chi connectivity index (χ1n) is 6.88. The molecule has 1 unspecified atom stereocenters. The molecular weight excluding hydrogens is 208 g/mol. The molecule has 1 atom stereocenters. The molecule has 0 spiro atoms. The van der Waals surface area contributed by atoms with Crippen molar-refractivity contribution in [2.45, 2.75) is 51.6 Å². The van der Waals surface area contributed by atoms with Crippen LogP contribution in [0.25, 0.3) is 0 Å². The van der Waals surface area contributed by atoms with Gasteiger partial charge in [-0.1, -0.05) is 26.0 Å². The molecule has 17 heavy (non-hydrogen) atoms. The lowest BCUT2D eigenvalue weighted by Gasteiger charge is -2.24. The van der Waals surface area contributed by atoms with Crippen molar-refractivity contribution >= 4 is 5.69 Å². The van der Waals surface area contributed by atoms with Gasteiger partial charge in [0.05, 0.1) is 0 Å². The van der Waals surface area contributed by atoms with Crippen LogP contribution in [0.3, 0.4) is 0 Å². The summed E-state index contributed by atoms with van der Waals surface area (Å²) < 4.78 is 0. The van der Waals surface area contributed by atoms with Crippen molar-refractivity contribution < 1.29 is 0 Å². The summed E-state index contributed by atoms with van der Waals surface area (Å²) in [5, 5.41) is 0. The zero-order valence-corrected chi connectivity index (χ0v) is 11.0. The Bertz CT molecular complexity index is 340. The molecule has 1 aromatic rings. The SMILES string of the molecule is CCCN(c1ccc(C(N)CC)cc1)C1CC1. The van der Waals surface area contributed by atoms with Crippen LogP contribution in [-0.4, -0.2) is 12.6 Å². The number of anilines is 1. The first-order chi connectivity index (χ1) is 8.26. The van der Waals surface area contributed by atoms with Gasteiger partial charge in [0, 0.05) is 24.3 Å². The minimum absolute atomic E-state index is 0.185. The van der Waals surface area contributed by atoms with E-state index < -0.39 is 0 Å². The molecule has 1 saturated carbocycles. The molecule has 2 rings (SSSR count). The first-order valence-corrected chi connectivity index (χ1v) is 6.88. The predicted octanol–water partition coefficient (Wildman–Crippen LogP) is 3.48. The van der Waals surface area contributed by atoms with Crippen molar-refractivity contribution in [1.29, 1.82) is 0 Å². The average Bonchev–Trinajstić information content (AvgIpc) is 3.19. The Kier molecular flexibility index (Phi) is 4.06. The van der Waals surface area contributed by atoms with Gasteiger partial charge in [0.1, 0.15) is 0 Å². The summed E-state index contributed by atoms with van der Waals surface area (Å²) in [6.45, 7) is 5.55. The third-order valence-electron chi connectivity index (χ3n) is 3.54. The highest BCUT2D eigenvalue weighted by Crippen LogP contribution is 2.32. The van der Waals surface area contributed by atoms with E-state index in [1.807, 2.05) is 0 Å². The fourth-order valence-electron chi connectivity index (χ4n) is 2.30. The molecule has 2 heteroatoms. The topological polar surface area (TPSA) is 29.3 Å². The van der Waals surface area contributed by atoms with Crippen LogP contribution in [0.5, 0.6) is 0 Å². The molecule has 0 heterocycles. The van der Waals surface area contributed by atoms with Gasteiger partial charge >= 0.3 is 0 Å². The molecule has 1 aliphatic carbocycles. The first kappa shape index (κ1) is 12.4. The average molecular weight is 232 g/mol. The van der Waals surface area contributed by atoms with Crippen LogP contribution in [0, 0.1) is 0 Å². The lowest BCUT2D eigenvalue weighted by atomic mass is 10.0. The van der Waals surface area contributed by atoms with E-state index in [9.17, 15) is 0 Å². The van der Waals surface area contributed by atoms with E-state index in [2.05, 4.69) is 43.0 Å². The Hall–Kier alpha value is -1.02. The van der Waals surface area contributed by atoms with Gasteiger partial charge in [-0.25, -0.2) is 0 Å². The molecule has 2 nitrogen and oxygen atoms in total. The fraction of sp³-hybridized carbons (Fsp3) is 0.600. The maximum atomic E-state index is 6.04. The summed E-state index contributed by atoms with van der Waals surface area (Å²) in [4.78, 5) is 2.54. The largest absolute Gasteiger partial charge is 0.369 e. The van der Waals surface area contributed by atoms with Crippen LogP contribution in [0.2, 0.25) is 0 Å². The Balaban J connectivity index is 2.09. The summed E-state index contributed by atoms with van der Waals surface area (Å²) in [5.74, 6) is 0. The van der Waals surface area contributed by atoms with Gasteiger partial charge in [-0.05, 0) is 43.4 Å². The normalized spacial score (nSPS) is 16.9. The van der Waals surface area contributed by atoms with Crippen LogP contribution in [0.15, 0.2) is 24.3 Å². The van der Waals surface area contributed by atoms with Crippen molar-refractivity contribution in [2.24, 2.45) is 5.73 Å². The smallest absolute Gasteiger partial charge is 0.0368 e. The van der Waals surface area contributed by atoms with Crippen LogP contribution < -0.4 is 10.6 Å². The molecular formula is C15H24N2. The number of hydrogen-bond acceptors (Lipinski definition) is 2. The van der Waals surface area contributed by atoms with Gasteiger partial charge in [0.25, 0.3) is 0 Å². The van der Waals surface area contributed by atoms with Crippen molar-refractivity contribution in [3.8, 4) is 0 Å². The monoisotopic (exact) mass is 232 g/mol. The predicted molar refractivity (Wildman–Crippen MR) is 74.3 cm³/mol. The van der Waals surface area contributed by atoms with Crippen molar-refractivity contribution in [1.82, 2.24) is 0 Å². The number of nitrogens with zero attached hydrogens (tertiary/aromatic N) is 1. The minimum Gasteiger partial charge on any atom is -0.369 e. The molecule has 1 aromatic carbocycles. The lowest BCUT2D eigenvalue weighted by molar-refractivity contribution is 0.698. The molecule has 1 aliphatic rings. The number of rotatable bonds is 6. The second-order valence-corrected chi connectivity index (χ2v) is 5.03. The highest BCUT2D eigenvalue weighted by atomic mass is 15.2. The highest BCUT2D eigenvalue weighted by Gasteiger charge is 2.28. The van der Waals surface area contributed by atoms with E-state index in [1.54, 1.807) is 0 Å².